The Kier molecular flexibility index (Phi) is 7.73. The van der Waals surface area contributed by atoms with E-state index in [0.29, 0.717) is 12.6 Å². The summed E-state index contributed by atoms with van der Waals surface area (Å²) in [6.45, 7) is 12.4. The number of ether oxygens (including phenoxy) is 4. The lowest BCUT2D eigenvalue weighted by Crippen LogP contribution is -2.46. The molecule has 0 N–H and O–H groups in total. The first kappa shape index (κ1) is 27.0. The third-order valence-corrected chi connectivity index (χ3v) is 7.10. The fourth-order valence-corrected chi connectivity index (χ4v) is 5.56. The van der Waals surface area contributed by atoms with Crippen molar-refractivity contribution < 1.29 is 28.5 Å². The highest BCUT2D eigenvalue weighted by Gasteiger charge is 2.61. The molecule has 1 aliphatic carbocycles. The molecule has 2 bridgehead atoms. The summed E-state index contributed by atoms with van der Waals surface area (Å²) in [5.74, 6) is -1.16. The number of fused-ring (bicyclic) bond motifs is 5. The highest BCUT2D eigenvalue weighted by molar-refractivity contribution is 5.60. The van der Waals surface area contributed by atoms with Crippen LogP contribution in [0.15, 0.2) is 73.3 Å². The molecule has 2 aromatic carbocycles. The Morgan fingerprint density at radius 2 is 1.45 bits per heavy atom. The van der Waals surface area contributed by atoms with Crippen molar-refractivity contribution in [1.82, 2.24) is 5.06 Å². The zero-order valence-corrected chi connectivity index (χ0v) is 22.6. The van der Waals surface area contributed by atoms with E-state index >= 15 is 0 Å². The molecule has 204 valence electrons. The van der Waals surface area contributed by atoms with E-state index in [-0.39, 0.29) is 24.4 Å². The Bertz CT molecular complexity index is 1120. The lowest BCUT2D eigenvalue weighted by atomic mass is 10.1. The lowest BCUT2D eigenvalue weighted by molar-refractivity contribution is -0.473. The van der Waals surface area contributed by atoms with Crippen LogP contribution in [0.5, 0.6) is 0 Å². The average molecular weight is 523 g/mol. The van der Waals surface area contributed by atoms with Crippen LogP contribution in [0.3, 0.4) is 0 Å². The van der Waals surface area contributed by atoms with Crippen LogP contribution in [-0.4, -0.2) is 64.2 Å². The molecule has 3 heterocycles. The van der Waals surface area contributed by atoms with E-state index in [1.807, 2.05) is 64.1 Å². The summed E-state index contributed by atoms with van der Waals surface area (Å²) in [4.78, 5) is 6.00. The molecule has 0 radical (unpaired) electrons. The second-order valence-electron chi connectivity index (χ2n) is 11.1. The van der Waals surface area contributed by atoms with Gasteiger partial charge in [-0.2, -0.15) is 5.06 Å². The van der Waals surface area contributed by atoms with Gasteiger partial charge in [-0.25, -0.2) is 4.74 Å². The summed E-state index contributed by atoms with van der Waals surface area (Å²) in [5, 5.41) is 14.0. The molecule has 0 unspecified atom stereocenters. The molecule has 8 nitrogen and oxygen atoms in total. The minimum Gasteiger partial charge on any atom is -0.624 e. The Labute approximate surface area is 224 Å². The molecule has 0 aromatic heterocycles. The molecule has 8 heteroatoms. The van der Waals surface area contributed by atoms with Crippen molar-refractivity contribution in [2.75, 3.05) is 0 Å². The monoisotopic (exact) mass is 522 g/mol. The summed E-state index contributed by atoms with van der Waals surface area (Å²) in [7, 11) is 0. The minimum absolute atomic E-state index is 0.104. The van der Waals surface area contributed by atoms with Crippen molar-refractivity contribution in [1.29, 1.82) is 0 Å². The maximum atomic E-state index is 11.9. The van der Waals surface area contributed by atoms with Crippen molar-refractivity contribution >= 4 is 6.21 Å². The molecule has 6 atom stereocenters. The number of hydrogen-bond acceptors (Lipinski definition) is 7. The fraction of sp³-hybridized carbons (Fsp3) is 0.500. The van der Waals surface area contributed by atoms with Gasteiger partial charge in [0.1, 0.15) is 24.4 Å². The van der Waals surface area contributed by atoms with Crippen LogP contribution < -0.4 is 0 Å². The SMILES string of the molecule is C=C[C@H]1OC(C)(C)O[C@H]1/C=[N+](\[O-])Cc1ccccc1.CC1(C)O[C@@H]2[C@H](O1)[C@@H]1C[C@H]2N(Cc2ccccc2)O1. The van der Waals surface area contributed by atoms with Crippen molar-refractivity contribution in [3.05, 3.63) is 89.7 Å². The minimum atomic E-state index is -0.687. The van der Waals surface area contributed by atoms with E-state index in [2.05, 4.69) is 35.9 Å². The number of nitrogens with zero attached hydrogens (tertiary/aromatic N) is 2. The summed E-state index contributed by atoms with van der Waals surface area (Å²) in [5.41, 5.74) is 2.23. The molecular formula is C30H38N2O6. The van der Waals surface area contributed by atoms with Gasteiger partial charge in [0.15, 0.2) is 30.4 Å². The first-order valence-electron chi connectivity index (χ1n) is 13.3. The van der Waals surface area contributed by atoms with Gasteiger partial charge in [0.2, 0.25) is 0 Å². The number of hydroxylamine groups is 3. The van der Waals surface area contributed by atoms with Gasteiger partial charge in [-0.05, 0) is 39.7 Å². The summed E-state index contributed by atoms with van der Waals surface area (Å²) in [6, 6.07) is 20.3. The van der Waals surface area contributed by atoms with Crippen LogP contribution in [0.4, 0.5) is 0 Å². The zero-order chi connectivity index (χ0) is 26.9. The van der Waals surface area contributed by atoms with Crippen molar-refractivity contribution in [2.24, 2.45) is 0 Å². The van der Waals surface area contributed by atoms with E-state index < -0.39 is 17.7 Å². The van der Waals surface area contributed by atoms with Crippen molar-refractivity contribution in [3.63, 3.8) is 0 Å². The molecule has 4 aliphatic rings. The van der Waals surface area contributed by atoms with Gasteiger partial charge in [0.05, 0.1) is 6.04 Å². The largest absolute Gasteiger partial charge is 0.624 e. The van der Waals surface area contributed by atoms with Crippen LogP contribution in [0.25, 0.3) is 0 Å². The Morgan fingerprint density at radius 1 is 0.868 bits per heavy atom. The first-order valence-corrected chi connectivity index (χ1v) is 13.3. The number of hydrogen-bond donors (Lipinski definition) is 0. The first-order chi connectivity index (χ1) is 18.1. The van der Waals surface area contributed by atoms with Gasteiger partial charge in [0.25, 0.3) is 0 Å². The van der Waals surface area contributed by atoms with E-state index in [1.165, 1.54) is 11.8 Å². The summed E-state index contributed by atoms with van der Waals surface area (Å²) in [6.07, 6.45) is 3.90. The molecule has 1 saturated carbocycles. The van der Waals surface area contributed by atoms with E-state index in [4.69, 9.17) is 23.8 Å². The van der Waals surface area contributed by atoms with Crippen LogP contribution in [0.2, 0.25) is 0 Å². The Hall–Kier alpha value is -2.59. The van der Waals surface area contributed by atoms with Gasteiger partial charge in [0, 0.05) is 12.1 Å². The van der Waals surface area contributed by atoms with Gasteiger partial charge in [-0.3, -0.25) is 4.84 Å². The average Bonchev–Trinajstić information content (AvgIpc) is 3.59. The number of rotatable bonds is 6. The second-order valence-corrected chi connectivity index (χ2v) is 11.1. The fourth-order valence-electron chi connectivity index (χ4n) is 5.56. The molecule has 0 spiro atoms. The van der Waals surface area contributed by atoms with E-state index in [1.54, 1.807) is 6.08 Å². The molecule has 4 fully saturated rings. The number of benzene rings is 2. The van der Waals surface area contributed by atoms with Crippen LogP contribution in [0.1, 0.15) is 45.2 Å². The highest BCUT2D eigenvalue weighted by Crippen LogP contribution is 2.46. The summed E-state index contributed by atoms with van der Waals surface area (Å²) >= 11 is 0. The predicted octanol–water partition coefficient (Wildman–Crippen LogP) is 4.57. The maximum absolute atomic E-state index is 11.9. The van der Waals surface area contributed by atoms with Crippen molar-refractivity contribution in [2.45, 2.75) is 95.3 Å². The van der Waals surface area contributed by atoms with Gasteiger partial charge >= 0.3 is 0 Å². The maximum Gasteiger partial charge on any atom is 0.183 e. The molecule has 2 aromatic rings. The van der Waals surface area contributed by atoms with Crippen molar-refractivity contribution in [3.8, 4) is 0 Å². The molecule has 3 aliphatic heterocycles. The standard InChI is InChI=1S/2C15H19NO3/c1-15(2)17-13-11-8-12(14(13)18-15)19-16(11)9-10-6-4-3-5-7-10;1-4-13-14(19-15(2,3)18-13)11-16(17)10-12-8-6-5-7-9-12/h3-7,11-14H,8-9H2,1-2H3;4-9,11,13-14H,1,10H2,2-3H3/b;16-11-/t11-,12+,13+,14-;13-,14+/m11/s1. The summed E-state index contributed by atoms with van der Waals surface area (Å²) < 4.78 is 24.1. The Morgan fingerprint density at radius 3 is 2.11 bits per heavy atom. The predicted molar refractivity (Wildman–Crippen MR) is 143 cm³/mol. The molecule has 38 heavy (non-hydrogen) atoms. The quantitative estimate of drug-likeness (QED) is 0.181. The molecular weight excluding hydrogens is 484 g/mol. The van der Waals surface area contributed by atoms with Crippen LogP contribution in [-0.2, 0) is 36.9 Å². The Balaban J connectivity index is 0.000000155. The molecule has 3 saturated heterocycles. The zero-order valence-electron chi connectivity index (χ0n) is 22.6. The third-order valence-electron chi connectivity index (χ3n) is 7.10. The lowest BCUT2D eigenvalue weighted by Gasteiger charge is -2.32. The third kappa shape index (κ3) is 6.17. The van der Waals surface area contributed by atoms with Gasteiger partial charge in [-0.15, -0.1) is 6.58 Å². The smallest absolute Gasteiger partial charge is 0.183 e. The highest BCUT2D eigenvalue weighted by atomic mass is 16.8. The van der Waals surface area contributed by atoms with E-state index in [0.717, 1.165) is 23.3 Å². The van der Waals surface area contributed by atoms with Gasteiger partial charge in [-0.1, -0.05) is 66.7 Å². The van der Waals surface area contributed by atoms with Crippen LogP contribution in [0, 0.1) is 5.21 Å². The topological polar surface area (TPSA) is 75.5 Å². The second kappa shape index (κ2) is 10.9. The van der Waals surface area contributed by atoms with E-state index in [9.17, 15) is 5.21 Å². The molecule has 6 rings (SSSR count). The van der Waals surface area contributed by atoms with Crippen LogP contribution >= 0.6 is 0 Å². The van der Waals surface area contributed by atoms with Gasteiger partial charge < -0.3 is 24.2 Å². The normalized spacial score (nSPS) is 33.0. The molecule has 0 amide bonds.